The Kier molecular flexibility index (Phi) is 5.44. The van der Waals surface area contributed by atoms with Crippen LogP contribution in [-0.2, 0) is 9.53 Å². The third-order valence-corrected chi connectivity index (χ3v) is 2.75. The first kappa shape index (κ1) is 15.1. The van der Waals surface area contributed by atoms with Crippen LogP contribution in [-0.4, -0.2) is 34.4 Å². The maximum Gasteiger partial charge on any atom is 0.307 e. The summed E-state index contributed by atoms with van der Waals surface area (Å²) in [5.74, 6) is 1.21. The first-order valence-corrected chi connectivity index (χ1v) is 5.69. The molecular weight excluding hydrogens is 250 g/mol. The van der Waals surface area contributed by atoms with E-state index in [4.69, 9.17) is 19.9 Å². The number of benzene rings is 1. The summed E-state index contributed by atoms with van der Waals surface area (Å²) >= 11 is 0. The number of carbonyl (C=O) groups is 1. The molecule has 6 heteroatoms. The number of nitrogens with two attached hydrogens (primary N) is 1. The van der Waals surface area contributed by atoms with Crippen LogP contribution >= 0.6 is 0 Å². The Balaban J connectivity index is 3.14. The van der Waals surface area contributed by atoms with E-state index >= 15 is 0 Å². The van der Waals surface area contributed by atoms with Crippen LogP contribution in [0.2, 0.25) is 0 Å². The quantitative estimate of drug-likeness (QED) is 0.783. The molecule has 0 spiro atoms. The van der Waals surface area contributed by atoms with Crippen molar-refractivity contribution in [3.8, 4) is 17.2 Å². The zero-order valence-electron chi connectivity index (χ0n) is 11.6. The average molecular weight is 269 g/mol. The van der Waals surface area contributed by atoms with Gasteiger partial charge in [-0.15, -0.1) is 0 Å². The minimum Gasteiger partial charge on any atom is -0.496 e. The summed E-state index contributed by atoms with van der Waals surface area (Å²) < 4.78 is 20.2. The van der Waals surface area contributed by atoms with Crippen LogP contribution in [0.15, 0.2) is 12.1 Å². The Morgan fingerprint density at radius 3 is 2.05 bits per heavy atom. The van der Waals surface area contributed by atoms with Crippen molar-refractivity contribution in [1.29, 1.82) is 0 Å². The zero-order valence-corrected chi connectivity index (χ0v) is 11.6. The van der Waals surface area contributed by atoms with E-state index in [0.717, 1.165) is 0 Å². The number of esters is 1. The van der Waals surface area contributed by atoms with Crippen molar-refractivity contribution >= 4 is 5.97 Å². The van der Waals surface area contributed by atoms with Crippen LogP contribution in [0.5, 0.6) is 17.2 Å². The van der Waals surface area contributed by atoms with Crippen LogP contribution in [0.25, 0.3) is 0 Å². The van der Waals surface area contributed by atoms with Gasteiger partial charge in [0.1, 0.15) is 5.75 Å². The molecule has 0 fully saturated rings. The summed E-state index contributed by atoms with van der Waals surface area (Å²) in [4.78, 5) is 11.3. The highest BCUT2D eigenvalue weighted by Crippen LogP contribution is 2.37. The summed E-state index contributed by atoms with van der Waals surface area (Å²) in [5, 5.41) is 0. The number of ether oxygens (including phenoxy) is 4. The molecule has 0 saturated heterocycles. The molecule has 0 amide bonds. The SMILES string of the molecule is COC(=O)C[C@H](N)c1cc(OC)c(OC)cc1OC. The predicted octanol–water partition coefficient (Wildman–Crippen LogP) is 1.28. The molecule has 106 valence electrons. The summed E-state index contributed by atoms with van der Waals surface area (Å²) in [7, 11) is 5.90. The minimum absolute atomic E-state index is 0.0579. The van der Waals surface area contributed by atoms with E-state index in [-0.39, 0.29) is 12.4 Å². The third kappa shape index (κ3) is 3.51. The van der Waals surface area contributed by atoms with Crippen molar-refractivity contribution in [2.75, 3.05) is 28.4 Å². The van der Waals surface area contributed by atoms with Crippen molar-refractivity contribution in [1.82, 2.24) is 0 Å². The molecule has 2 N–H and O–H groups in total. The number of methoxy groups -OCH3 is 4. The van der Waals surface area contributed by atoms with Crippen molar-refractivity contribution in [3.05, 3.63) is 17.7 Å². The lowest BCUT2D eigenvalue weighted by Gasteiger charge is -2.17. The van der Waals surface area contributed by atoms with Crippen LogP contribution in [0.3, 0.4) is 0 Å². The molecule has 1 aromatic rings. The molecule has 1 rings (SSSR count). The standard InChI is InChI=1S/C13H19NO5/c1-16-10-7-12(18-3)11(17-2)5-8(10)9(14)6-13(15)19-4/h5,7,9H,6,14H2,1-4H3/t9-/m0/s1. The fraction of sp³-hybridized carbons (Fsp3) is 0.462. The van der Waals surface area contributed by atoms with Crippen molar-refractivity contribution in [3.63, 3.8) is 0 Å². The molecule has 0 heterocycles. The Hall–Kier alpha value is -1.95. The van der Waals surface area contributed by atoms with Crippen LogP contribution in [0.1, 0.15) is 18.0 Å². The molecule has 1 atom stereocenters. The predicted molar refractivity (Wildman–Crippen MR) is 69.7 cm³/mol. The minimum atomic E-state index is -0.540. The van der Waals surface area contributed by atoms with E-state index in [2.05, 4.69) is 4.74 Å². The normalized spacial score (nSPS) is 11.6. The molecule has 0 aromatic heterocycles. The maximum atomic E-state index is 11.3. The van der Waals surface area contributed by atoms with Gasteiger partial charge in [0, 0.05) is 17.7 Å². The van der Waals surface area contributed by atoms with E-state index in [0.29, 0.717) is 22.8 Å². The molecule has 6 nitrogen and oxygen atoms in total. The van der Waals surface area contributed by atoms with E-state index in [9.17, 15) is 4.79 Å². The van der Waals surface area contributed by atoms with Gasteiger partial charge in [0.05, 0.1) is 34.9 Å². The molecule has 0 aliphatic rings. The van der Waals surface area contributed by atoms with Gasteiger partial charge in [0.2, 0.25) is 0 Å². The lowest BCUT2D eigenvalue weighted by Crippen LogP contribution is -2.17. The van der Waals surface area contributed by atoms with E-state index in [1.54, 1.807) is 12.1 Å². The van der Waals surface area contributed by atoms with Gasteiger partial charge in [-0.25, -0.2) is 0 Å². The fourth-order valence-electron chi connectivity index (χ4n) is 1.72. The van der Waals surface area contributed by atoms with Crippen molar-refractivity contribution in [2.24, 2.45) is 5.73 Å². The summed E-state index contributed by atoms with van der Waals surface area (Å²) in [5.41, 5.74) is 6.64. The lowest BCUT2D eigenvalue weighted by atomic mass is 10.0. The number of carbonyl (C=O) groups excluding carboxylic acids is 1. The molecule has 0 aliphatic heterocycles. The van der Waals surface area contributed by atoms with E-state index in [1.807, 2.05) is 0 Å². The molecule has 0 radical (unpaired) electrons. The topological polar surface area (TPSA) is 80.0 Å². The highest BCUT2D eigenvalue weighted by molar-refractivity contribution is 5.70. The molecule has 0 aliphatic carbocycles. The highest BCUT2D eigenvalue weighted by Gasteiger charge is 2.19. The molecule has 1 aromatic carbocycles. The second-order valence-electron chi connectivity index (χ2n) is 3.84. The summed E-state index contributed by atoms with van der Waals surface area (Å²) in [6.45, 7) is 0. The van der Waals surface area contributed by atoms with E-state index in [1.165, 1.54) is 28.4 Å². The fourth-order valence-corrected chi connectivity index (χ4v) is 1.72. The number of rotatable bonds is 6. The molecule has 19 heavy (non-hydrogen) atoms. The van der Waals surface area contributed by atoms with Gasteiger partial charge in [-0.2, -0.15) is 0 Å². The zero-order chi connectivity index (χ0) is 14.4. The van der Waals surface area contributed by atoms with Crippen LogP contribution in [0.4, 0.5) is 0 Å². The smallest absolute Gasteiger partial charge is 0.307 e. The molecule has 0 unspecified atom stereocenters. The van der Waals surface area contributed by atoms with Gasteiger partial charge in [-0.1, -0.05) is 0 Å². The third-order valence-electron chi connectivity index (χ3n) is 2.75. The van der Waals surface area contributed by atoms with Gasteiger partial charge >= 0.3 is 5.97 Å². The molecule has 0 bridgehead atoms. The highest BCUT2D eigenvalue weighted by atomic mass is 16.5. The molecule has 0 saturated carbocycles. The van der Waals surface area contributed by atoms with Crippen molar-refractivity contribution in [2.45, 2.75) is 12.5 Å². The first-order chi connectivity index (χ1) is 9.07. The first-order valence-electron chi connectivity index (χ1n) is 5.69. The summed E-state index contributed by atoms with van der Waals surface area (Å²) in [6, 6.07) is 2.83. The Morgan fingerprint density at radius 2 is 1.58 bits per heavy atom. The van der Waals surface area contributed by atoms with Crippen LogP contribution in [0, 0.1) is 0 Å². The van der Waals surface area contributed by atoms with Gasteiger partial charge in [0.25, 0.3) is 0 Å². The second-order valence-corrected chi connectivity index (χ2v) is 3.84. The van der Waals surface area contributed by atoms with Gasteiger partial charge < -0.3 is 24.7 Å². The van der Waals surface area contributed by atoms with Crippen molar-refractivity contribution < 1.29 is 23.7 Å². The summed E-state index contributed by atoms with van der Waals surface area (Å²) in [6.07, 6.45) is 0.0579. The Labute approximate surface area is 112 Å². The molecular formula is C13H19NO5. The van der Waals surface area contributed by atoms with E-state index < -0.39 is 6.04 Å². The number of hydrogen-bond donors (Lipinski definition) is 1. The monoisotopic (exact) mass is 269 g/mol. The number of hydrogen-bond acceptors (Lipinski definition) is 6. The average Bonchev–Trinajstić information content (AvgIpc) is 2.45. The Morgan fingerprint density at radius 1 is 1.05 bits per heavy atom. The second kappa shape index (κ2) is 6.84. The largest absolute Gasteiger partial charge is 0.496 e. The van der Waals surface area contributed by atoms with Gasteiger partial charge in [-0.3, -0.25) is 4.79 Å². The van der Waals surface area contributed by atoms with Gasteiger partial charge in [0.15, 0.2) is 11.5 Å². The van der Waals surface area contributed by atoms with Gasteiger partial charge in [-0.05, 0) is 6.07 Å². The Bertz CT molecular complexity index is 447. The van der Waals surface area contributed by atoms with Crippen LogP contribution < -0.4 is 19.9 Å². The maximum absolute atomic E-state index is 11.3. The lowest BCUT2D eigenvalue weighted by molar-refractivity contribution is -0.141.